The van der Waals surface area contributed by atoms with Crippen LogP contribution >= 0.6 is 11.6 Å². The molecule has 1 atom stereocenters. The van der Waals surface area contributed by atoms with Crippen molar-refractivity contribution in [3.05, 3.63) is 45.4 Å². The van der Waals surface area contributed by atoms with Crippen LogP contribution in [0.4, 0.5) is 0 Å². The van der Waals surface area contributed by atoms with Crippen LogP contribution in [0.15, 0.2) is 23.6 Å². The van der Waals surface area contributed by atoms with Crippen molar-refractivity contribution >= 4 is 11.6 Å². The molecule has 0 aliphatic carbocycles. The Balaban J connectivity index is 2.19. The second-order valence-corrected chi connectivity index (χ2v) is 5.93. The molecule has 3 rings (SSSR count). The van der Waals surface area contributed by atoms with E-state index in [0.717, 1.165) is 5.69 Å². The van der Waals surface area contributed by atoms with E-state index in [-0.39, 0.29) is 18.1 Å². The Hall–Kier alpha value is -3.29. The number of aryl methyl sites for hydroxylation is 1. The molecule has 1 aliphatic rings. The van der Waals surface area contributed by atoms with Crippen LogP contribution in [0, 0.1) is 30.6 Å². The van der Waals surface area contributed by atoms with Crippen LogP contribution < -0.4 is 19.9 Å². The maximum Gasteiger partial charge on any atom is 0.244 e. The molecule has 0 fully saturated rings. The number of hydrogen-bond donors (Lipinski definition) is 2. The van der Waals surface area contributed by atoms with Crippen molar-refractivity contribution in [1.29, 1.82) is 5.26 Å². The van der Waals surface area contributed by atoms with E-state index < -0.39 is 5.92 Å². The van der Waals surface area contributed by atoms with E-state index in [2.05, 4.69) is 22.2 Å². The first-order chi connectivity index (χ1) is 12.5. The van der Waals surface area contributed by atoms with Crippen LogP contribution in [0.3, 0.4) is 0 Å². The molecule has 1 aromatic heterocycles. The number of methoxy groups -OCH3 is 1. The Morgan fingerprint density at radius 3 is 2.92 bits per heavy atom. The Labute approximate surface area is 155 Å². The van der Waals surface area contributed by atoms with E-state index in [1.54, 1.807) is 12.1 Å². The number of nitrogens with one attached hydrogen (secondary N) is 1. The van der Waals surface area contributed by atoms with E-state index in [4.69, 9.17) is 38.0 Å². The number of benzene rings is 1. The minimum atomic E-state index is -0.504. The normalized spacial score (nSPS) is 15.5. The molecule has 0 radical (unpaired) electrons. The van der Waals surface area contributed by atoms with Crippen molar-refractivity contribution in [3.63, 3.8) is 0 Å². The summed E-state index contributed by atoms with van der Waals surface area (Å²) in [5.41, 5.74) is 8.34. The van der Waals surface area contributed by atoms with Gasteiger partial charge in [0, 0.05) is 11.3 Å². The lowest BCUT2D eigenvalue weighted by atomic mass is 9.84. The Kier molecular flexibility index (Phi) is 4.66. The van der Waals surface area contributed by atoms with Crippen LogP contribution in [0.25, 0.3) is 0 Å². The maximum atomic E-state index is 9.60. The van der Waals surface area contributed by atoms with E-state index in [1.165, 1.54) is 7.11 Å². The van der Waals surface area contributed by atoms with Gasteiger partial charge < -0.3 is 19.9 Å². The number of fused-ring (bicyclic) bond motifs is 1. The monoisotopic (exact) mass is 370 g/mol. The number of aromatic nitrogens is 2. The molecule has 0 saturated carbocycles. The lowest BCUT2D eigenvalue weighted by Crippen LogP contribution is -2.21. The van der Waals surface area contributed by atoms with E-state index in [1.807, 2.05) is 6.92 Å². The predicted molar refractivity (Wildman–Crippen MR) is 95.0 cm³/mol. The molecular weight excluding hydrogens is 356 g/mol. The summed E-state index contributed by atoms with van der Waals surface area (Å²) in [5, 5.41) is 16.9. The Morgan fingerprint density at radius 1 is 1.50 bits per heavy atom. The minimum Gasteiger partial charge on any atom is -0.493 e. The van der Waals surface area contributed by atoms with Gasteiger partial charge in [0.2, 0.25) is 11.8 Å². The van der Waals surface area contributed by atoms with E-state index >= 15 is 0 Å². The van der Waals surface area contributed by atoms with Gasteiger partial charge in [0.1, 0.15) is 18.2 Å². The molecule has 0 unspecified atom stereocenters. The molecule has 0 amide bonds. The number of nitrogens with zero attached hydrogens (tertiary/aromatic N) is 2. The summed E-state index contributed by atoms with van der Waals surface area (Å²) in [7, 11) is 1.49. The van der Waals surface area contributed by atoms with Gasteiger partial charge in [-0.15, -0.1) is 11.5 Å². The number of rotatable bonds is 4. The van der Waals surface area contributed by atoms with Crippen LogP contribution in [-0.4, -0.2) is 23.9 Å². The zero-order chi connectivity index (χ0) is 18.8. The fraction of sp³-hybridized carbons (Fsp3) is 0.222. The third-order valence-corrected chi connectivity index (χ3v) is 4.30. The van der Waals surface area contributed by atoms with Crippen LogP contribution in [0.5, 0.6) is 17.4 Å². The van der Waals surface area contributed by atoms with Crippen molar-refractivity contribution in [2.45, 2.75) is 12.8 Å². The average molecular weight is 371 g/mol. The molecule has 0 spiro atoms. The molecule has 7 nitrogen and oxygen atoms in total. The SMILES string of the molecule is C#CCOc1c(Cl)cc([C@H]2C(C#N)=C(N)Oc3n[nH]c(C)c32)cc1OC. The van der Waals surface area contributed by atoms with Crippen LogP contribution in [-0.2, 0) is 0 Å². The Morgan fingerprint density at radius 2 is 2.27 bits per heavy atom. The zero-order valence-electron chi connectivity index (χ0n) is 14.1. The van der Waals surface area contributed by atoms with Crippen LogP contribution in [0.2, 0.25) is 5.02 Å². The first-order valence-corrected chi connectivity index (χ1v) is 7.95. The minimum absolute atomic E-state index is 0.000697. The van der Waals surface area contributed by atoms with E-state index in [0.29, 0.717) is 33.5 Å². The van der Waals surface area contributed by atoms with Gasteiger partial charge in [-0.25, -0.2) is 0 Å². The third kappa shape index (κ3) is 2.79. The summed E-state index contributed by atoms with van der Waals surface area (Å²) in [4.78, 5) is 0. The summed E-state index contributed by atoms with van der Waals surface area (Å²) in [6, 6.07) is 5.53. The maximum absolute atomic E-state index is 9.60. The van der Waals surface area contributed by atoms with Crippen molar-refractivity contribution in [2.75, 3.05) is 13.7 Å². The molecule has 0 saturated heterocycles. The lowest BCUT2D eigenvalue weighted by Gasteiger charge is -2.24. The number of nitrogens with two attached hydrogens (primary N) is 1. The number of nitriles is 1. The number of ether oxygens (including phenoxy) is 3. The second kappa shape index (κ2) is 6.91. The van der Waals surface area contributed by atoms with Gasteiger partial charge in [0.25, 0.3) is 0 Å². The highest BCUT2D eigenvalue weighted by molar-refractivity contribution is 6.32. The van der Waals surface area contributed by atoms with Crippen molar-refractivity contribution in [3.8, 4) is 35.8 Å². The molecule has 3 N–H and O–H groups in total. The average Bonchev–Trinajstić information content (AvgIpc) is 2.99. The van der Waals surface area contributed by atoms with Crippen molar-refractivity contribution in [1.82, 2.24) is 10.2 Å². The van der Waals surface area contributed by atoms with Gasteiger partial charge in [-0.2, -0.15) is 5.26 Å². The fourth-order valence-corrected chi connectivity index (χ4v) is 3.17. The first-order valence-electron chi connectivity index (χ1n) is 7.57. The number of hydrogen-bond acceptors (Lipinski definition) is 6. The summed E-state index contributed by atoms with van der Waals surface area (Å²) in [6.07, 6.45) is 5.23. The molecule has 2 aromatic rings. The van der Waals surface area contributed by atoms with Gasteiger partial charge >= 0.3 is 0 Å². The predicted octanol–water partition coefficient (Wildman–Crippen LogP) is 2.61. The smallest absolute Gasteiger partial charge is 0.244 e. The van der Waals surface area contributed by atoms with E-state index in [9.17, 15) is 5.26 Å². The lowest BCUT2D eigenvalue weighted by molar-refractivity contribution is 0.330. The van der Waals surface area contributed by atoms with Crippen LogP contribution in [0.1, 0.15) is 22.7 Å². The molecule has 132 valence electrons. The molecular formula is C18H15ClN4O3. The summed E-state index contributed by atoms with van der Waals surface area (Å²) in [6.45, 7) is 1.88. The van der Waals surface area contributed by atoms with Gasteiger partial charge in [-0.3, -0.25) is 5.10 Å². The van der Waals surface area contributed by atoms with Gasteiger partial charge in [0.05, 0.1) is 18.1 Å². The first kappa shape index (κ1) is 17.5. The summed E-state index contributed by atoms with van der Waals surface area (Å²) in [5.74, 6) is 2.93. The number of allylic oxidation sites excluding steroid dienone is 1. The fourth-order valence-electron chi connectivity index (χ4n) is 2.89. The zero-order valence-corrected chi connectivity index (χ0v) is 14.8. The molecule has 1 aromatic carbocycles. The quantitative estimate of drug-likeness (QED) is 0.801. The van der Waals surface area contributed by atoms with Crippen molar-refractivity contribution in [2.24, 2.45) is 5.73 Å². The third-order valence-electron chi connectivity index (χ3n) is 4.01. The van der Waals surface area contributed by atoms with Crippen molar-refractivity contribution < 1.29 is 14.2 Å². The topological polar surface area (TPSA) is 106 Å². The largest absolute Gasteiger partial charge is 0.493 e. The molecule has 26 heavy (non-hydrogen) atoms. The van der Waals surface area contributed by atoms with Gasteiger partial charge in [-0.05, 0) is 24.6 Å². The van der Waals surface area contributed by atoms with Gasteiger partial charge in [0.15, 0.2) is 11.5 Å². The summed E-state index contributed by atoms with van der Waals surface area (Å²) >= 11 is 6.38. The standard InChI is InChI=1S/C18H15ClN4O3/c1-4-5-25-16-12(19)6-10(7-13(16)24-3)15-11(8-20)17(21)26-18-14(15)9(2)22-23-18/h1,6-7,15H,5,21H2,2-3H3,(H,22,23)/t15-/m0/s1. The number of halogens is 1. The highest BCUT2D eigenvalue weighted by atomic mass is 35.5. The Bertz CT molecular complexity index is 982. The molecule has 2 heterocycles. The second-order valence-electron chi connectivity index (χ2n) is 5.52. The molecule has 8 heteroatoms. The molecule has 1 aliphatic heterocycles. The molecule has 0 bridgehead atoms. The number of H-pyrrole nitrogens is 1. The number of terminal acetylenes is 1. The van der Waals surface area contributed by atoms with Gasteiger partial charge in [-0.1, -0.05) is 17.5 Å². The number of aromatic amines is 1. The highest BCUT2D eigenvalue weighted by Gasteiger charge is 2.35. The summed E-state index contributed by atoms with van der Waals surface area (Å²) < 4.78 is 16.3. The highest BCUT2D eigenvalue weighted by Crippen LogP contribution is 2.46.